The Labute approximate surface area is 70.5 Å². The van der Waals surface area contributed by atoms with E-state index in [9.17, 15) is 4.79 Å². The van der Waals surface area contributed by atoms with E-state index in [2.05, 4.69) is 10.7 Å². The Morgan fingerprint density at radius 3 is 2.27 bits per heavy atom. The second kappa shape index (κ2) is 4.71. The molecule has 0 aliphatic heterocycles. The van der Waals surface area contributed by atoms with E-state index in [0.717, 1.165) is 0 Å². The summed E-state index contributed by atoms with van der Waals surface area (Å²) in [7, 11) is 0. The first-order chi connectivity index (χ1) is 4.84. The van der Waals surface area contributed by atoms with E-state index in [1.54, 1.807) is 24.3 Å². The number of benzene rings is 1. The lowest BCUT2D eigenvalue weighted by Crippen LogP contribution is -3.00. The molecule has 1 aromatic carbocycles. The van der Waals surface area contributed by atoms with Crippen LogP contribution < -0.4 is 18.3 Å². The molecular weight excluding hydrogens is 166 g/mol. The second-order valence-electron chi connectivity index (χ2n) is 1.80. The first-order valence-corrected chi connectivity index (χ1v) is 2.86. The van der Waals surface area contributed by atoms with E-state index in [4.69, 9.17) is 0 Å². The van der Waals surface area contributed by atoms with Gasteiger partial charge in [-0.1, -0.05) is 18.2 Å². The van der Waals surface area contributed by atoms with Gasteiger partial charge < -0.3 is 12.4 Å². The molecule has 0 fully saturated rings. The summed E-state index contributed by atoms with van der Waals surface area (Å²) in [6.45, 7) is 0. The lowest BCUT2D eigenvalue weighted by atomic mass is 10.2. The van der Waals surface area contributed by atoms with Crippen molar-refractivity contribution in [1.29, 1.82) is 0 Å². The molecule has 0 bridgehead atoms. The molecule has 1 rings (SSSR count). The average Bonchev–Trinajstić information content (AvgIpc) is 2.05. The number of hydrogen-bond donors (Lipinski definition) is 1. The Morgan fingerprint density at radius 1 is 1.27 bits per heavy atom. The van der Waals surface area contributed by atoms with Crippen LogP contribution in [-0.4, -0.2) is 5.97 Å². The van der Waals surface area contributed by atoms with Crippen molar-refractivity contribution in [3.8, 4) is 0 Å². The van der Waals surface area contributed by atoms with Gasteiger partial charge in [-0.3, -0.25) is 4.84 Å². The predicted octanol–water partition coefficient (Wildman–Crippen LogP) is -3.00. The number of quaternary nitrogens is 1. The van der Waals surface area contributed by atoms with Gasteiger partial charge in [0.15, 0.2) is 0 Å². The number of hydrogen-bond acceptors (Lipinski definition) is 2. The molecule has 0 aliphatic carbocycles. The summed E-state index contributed by atoms with van der Waals surface area (Å²) in [5.41, 5.74) is 0.525. The zero-order valence-corrected chi connectivity index (χ0v) is 6.54. The Morgan fingerprint density at radius 2 is 1.82 bits per heavy atom. The third-order valence-corrected chi connectivity index (χ3v) is 1.14. The highest BCUT2D eigenvalue weighted by Gasteiger charge is 2.04. The number of carbonyl (C=O) groups is 1. The van der Waals surface area contributed by atoms with Crippen molar-refractivity contribution in [2.45, 2.75) is 0 Å². The molecule has 0 radical (unpaired) electrons. The second-order valence-corrected chi connectivity index (χ2v) is 1.80. The molecule has 0 aromatic heterocycles. The van der Waals surface area contributed by atoms with Gasteiger partial charge in [0.05, 0.1) is 5.56 Å². The molecule has 1 aromatic rings. The van der Waals surface area contributed by atoms with E-state index < -0.39 is 5.97 Å². The summed E-state index contributed by atoms with van der Waals surface area (Å²) in [6, 6.07) is 8.72. The van der Waals surface area contributed by atoms with E-state index in [-0.39, 0.29) is 12.4 Å². The van der Waals surface area contributed by atoms with Gasteiger partial charge in [0.2, 0.25) is 0 Å². The van der Waals surface area contributed by atoms with Crippen molar-refractivity contribution in [2.75, 3.05) is 0 Å². The maximum Gasteiger partial charge on any atom is 0.397 e. The highest BCUT2D eigenvalue weighted by atomic mass is 35.5. The fourth-order valence-corrected chi connectivity index (χ4v) is 0.658. The number of rotatable bonds is 1. The summed E-state index contributed by atoms with van der Waals surface area (Å²) in [6.07, 6.45) is 0. The molecule has 0 atom stereocenters. The van der Waals surface area contributed by atoms with Crippen LogP contribution in [0.15, 0.2) is 30.3 Å². The molecule has 0 saturated carbocycles. The third-order valence-electron chi connectivity index (χ3n) is 1.14. The van der Waals surface area contributed by atoms with Crippen molar-refractivity contribution < 1.29 is 27.9 Å². The maximum absolute atomic E-state index is 10.7. The van der Waals surface area contributed by atoms with Gasteiger partial charge >= 0.3 is 5.97 Å². The van der Waals surface area contributed by atoms with Crippen LogP contribution >= 0.6 is 0 Å². The van der Waals surface area contributed by atoms with Crippen LogP contribution in [0, 0.1) is 0 Å². The molecule has 0 heterocycles. The monoisotopic (exact) mass is 173 g/mol. The van der Waals surface area contributed by atoms with E-state index >= 15 is 0 Å². The molecule has 11 heavy (non-hydrogen) atoms. The quantitative estimate of drug-likeness (QED) is 0.461. The van der Waals surface area contributed by atoms with Crippen LogP contribution in [0.3, 0.4) is 0 Å². The minimum Gasteiger partial charge on any atom is -1.00 e. The molecule has 0 amide bonds. The lowest BCUT2D eigenvalue weighted by Gasteiger charge is -1.91. The summed E-state index contributed by atoms with van der Waals surface area (Å²) in [4.78, 5) is 15.0. The molecule has 4 heteroatoms. The minimum absolute atomic E-state index is 0. The van der Waals surface area contributed by atoms with Crippen LogP contribution in [0.2, 0.25) is 0 Å². The van der Waals surface area contributed by atoms with Crippen molar-refractivity contribution in [3.63, 3.8) is 0 Å². The summed E-state index contributed by atoms with van der Waals surface area (Å²) in [5.74, 6) is 2.61. The predicted molar refractivity (Wildman–Crippen MR) is 34.7 cm³/mol. The molecule has 0 aliphatic rings. The van der Waals surface area contributed by atoms with E-state index in [1.807, 2.05) is 6.07 Å². The highest BCUT2D eigenvalue weighted by molar-refractivity contribution is 5.88. The summed E-state index contributed by atoms with van der Waals surface area (Å²) < 4.78 is 0. The molecular formula is C7H8ClNO2. The van der Waals surface area contributed by atoms with Crippen LogP contribution in [0.1, 0.15) is 10.4 Å². The largest absolute Gasteiger partial charge is 1.00 e. The van der Waals surface area contributed by atoms with Gasteiger partial charge in [-0.15, -0.1) is 0 Å². The first kappa shape index (κ1) is 9.94. The molecule has 0 saturated heterocycles. The third kappa shape index (κ3) is 2.57. The van der Waals surface area contributed by atoms with Crippen LogP contribution in [-0.2, 0) is 4.84 Å². The Balaban J connectivity index is 0.000001000. The maximum atomic E-state index is 10.7. The first-order valence-electron chi connectivity index (χ1n) is 2.86. The van der Waals surface area contributed by atoms with Gasteiger partial charge in [-0.25, -0.2) is 4.79 Å². The molecule has 3 N–H and O–H groups in total. The normalized spacial score (nSPS) is 8.09. The molecule has 60 valence electrons. The zero-order valence-electron chi connectivity index (χ0n) is 5.79. The number of carbonyl (C=O) groups excluding carboxylic acids is 1. The van der Waals surface area contributed by atoms with Crippen molar-refractivity contribution >= 4 is 5.97 Å². The fraction of sp³-hybridized carbons (Fsp3) is 0. The topological polar surface area (TPSA) is 53.9 Å². The standard InChI is InChI=1S/C7H8NO2.ClH/c8-10-7(9)6-4-2-1-3-5-6;/h1-5H,8H3;1H/q+1;/p-1. The minimum atomic E-state index is -0.402. The van der Waals surface area contributed by atoms with Crippen LogP contribution in [0.5, 0.6) is 0 Å². The molecule has 0 unspecified atom stereocenters. The van der Waals surface area contributed by atoms with Crippen molar-refractivity contribution in [2.24, 2.45) is 0 Å². The average molecular weight is 174 g/mol. The van der Waals surface area contributed by atoms with Crippen LogP contribution in [0.4, 0.5) is 0 Å². The lowest BCUT2D eigenvalue weighted by molar-refractivity contribution is -0.653. The smallest absolute Gasteiger partial charge is 0.397 e. The van der Waals surface area contributed by atoms with Crippen molar-refractivity contribution in [3.05, 3.63) is 35.9 Å². The molecule has 3 nitrogen and oxygen atoms in total. The fourth-order valence-electron chi connectivity index (χ4n) is 0.658. The number of halogens is 1. The Hall–Kier alpha value is -1.06. The van der Waals surface area contributed by atoms with E-state index in [0.29, 0.717) is 5.56 Å². The zero-order chi connectivity index (χ0) is 7.40. The summed E-state index contributed by atoms with van der Waals surface area (Å²) >= 11 is 0. The van der Waals surface area contributed by atoms with Gasteiger partial charge in [0.1, 0.15) is 0 Å². The highest BCUT2D eigenvalue weighted by Crippen LogP contribution is 1.97. The van der Waals surface area contributed by atoms with Gasteiger partial charge in [-0.2, -0.15) is 5.90 Å². The Bertz CT molecular complexity index is 225. The van der Waals surface area contributed by atoms with Gasteiger partial charge in [0, 0.05) is 0 Å². The van der Waals surface area contributed by atoms with Crippen molar-refractivity contribution in [1.82, 2.24) is 0 Å². The van der Waals surface area contributed by atoms with Crippen LogP contribution in [0.25, 0.3) is 0 Å². The summed E-state index contributed by atoms with van der Waals surface area (Å²) in [5, 5.41) is 0. The Kier molecular flexibility index (Phi) is 4.26. The molecule has 0 spiro atoms. The van der Waals surface area contributed by atoms with Gasteiger partial charge in [0.25, 0.3) is 0 Å². The van der Waals surface area contributed by atoms with E-state index in [1.165, 1.54) is 0 Å². The SMILES string of the molecule is [Cl-].[NH3+]OC(=O)c1ccccc1. The van der Waals surface area contributed by atoms with Gasteiger partial charge in [-0.05, 0) is 12.1 Å².